The lowest BCUT2D eigenvalue weighted by Gasteiger charge is -2.26. The molecular formula is C15H22BrF3N2. The van der Waals surface area contributed by atoms with E-state index in [9.17, 15) is 13.2 Å². The topological polar surface area (TPSA) is 15.3 Å². The fraction of sp³-hybridized carbons (Fsp3) is 0.600. The van der Waals surface area contributed by atoms with Crippen LogP contribution in [0.25, 0.3) is 0 Å². The van der Waals surface area contributed by atoms with E-state index in [0.29, 0.717) is 0 Å². The van der Waals surface area contributed by atoms with Crippen LogP contribution in [0.2, 0.25) is 0 Å². The van der Waals surface area contributed by atoms with Crippen LogP contribution in [-0.2, 0) is 0 Å². The predicted octanol–water partition coefficient (Wildman–Crippen LogP) is 4.90. The van der Waals surface area contributed by atoms with Crippen LogP contribution in [0.1, 0.15) is 38.3 Å². The van der Waals surface area contributed by atoms with Gasteiger partial charge in [0.15, 0.2) is 0 Å². The zero-order valence-electron chi connectivity index (χ0n) is 12.6. The Kier molecular flexibility index (Phi) is 7.00. The summed E-state index contributed by atoms with van der Waals surface area (Å²) < 4.78 is 38.0. The minimum atomic E-state index is -4.13. The van der Waals surface area contributed by atoms with E-state index in [1.807, 2.05) is 25.1 Å². The molecule has 0 aliphatic carbocycles. The maximum Gasteiger partial charge on any atom is 0.390 e. The summed E-state index contributed by atoms with van der Waals surface area (Å²) in [7, 11) is 1.70. The summed E-state index contributed by atoms with van der Waals surface area (Å²) in [5.41, 5.74) is 1.83. The second kappa shape index (κ2) is 8.03. The smallest absolute Gasteiger partial charge is 0.374 e. The summed E-state index contributed by atoms with van der Waals surface area (Å²) in [5, 5.41) is 3.37. The van der Waals surface area contributed by atoms with E-state index >= 15 is 0 Å². The molecule has 0 aliphatic heterocycles. The number of anilines is 1. The van der Waals surface area contributed by atoms with Crippen molar-refractivity contribution in [1.82, 2.24) is 5.32 Å². The van der Waals surface area contributed by atoms with Gasteiger partial charge >= 0.3 is 6.18 Å². The molecular weight excluding hydrogens is 345 g/mol. The van der Waals surface area contributed by atoms with Crippen LogP contribution in [0.4, 0.5) is 18.9 Å². The number of benzene rings is 1. The first-order valence-corrected chi connectivity index (χ1v) is 7.84. The molecule has 0 saturated carbocycles. The lowest BCUT2D eigenvalue weighted by atomic mass is 10.0. The van der Waals surface area contributed by atoms with E-state index in [4.69, 9.17) is 0 Å². The van der Waals surface area contributed by atoms with Crippen molar-refractivity contribution in [3.63, 3.8) is 0 Å². The van der Waals surface area contributed by atoms with Crippen molar-refractivity contribution in [1.29, 1.82) is 0 Å². The fourth-order valence-electron chi connectivity index (χ4n) is 2.10. The number of hydrogen-bond donors (Lipinski definition) is 1. The third-order valence-electron chi connectivity index (χ3n) is 3.30. The largest absolute Gasteiger partial charge is 0.390 e. The third-order valence-corrected chi connectivity index (χ3v) is 3.79. The molecule has 1 N–H and O–H groups in total. The monoisotopic (exact) mass is 366 g/mol. The van der Waals surface area contributed by atoms with E-state index < -0.39 is 12.6 Å². The molecule has 1 atom stereocenters. The third kappa shape index (κ3) is 6.26. The molecule has 0 heterocycles. The van der Waals surface area contributed by atoms with Crippen LogP contribution in [0.15, 0.2) is 22.7 Å². The lowest BCUT2D eigenvalue weighted by Crippen LogP contribution is -2.27. The van der Waals surface area contributed by atoms with Crippen LogP contribution in [0.3, 0.4) is 0 Å². The molecule has 2 nitrogen and oxygen atoms in total. The Morgan fingerprint density at radius 1 is 1.33 bits per heavy atom. The second-order valence-electron chi connectivity index (χ2n) is 5.17. The van der Waals surface area contributed by atoms with Crippen molar-refractivity contribution in [2.75, 3.05) is 25.0 Å². The van der Waals surface area contributed by atoms with E-state index in [-0.39, 0.29) is 12.6 Å². The van der Waals surface area contributed by atoms with Crippen molar-refractivity contribution in [2.24, 2.45) is 0 Å². The van der Waals surface area contributed by atoms with Gasteiger partial charge in [0, 0.05) is 29.8 Å². The van der Waals surface area contributed by atoms with E-state index in [1.165, 1.54) is 0 Å². The number of nitrogens with one attached hydrogen (secondary N) is 1. The van der Waals surface area contributed by atoms with Crippen molar-refractivity contribution in [3.05, 3.63) is 28.2 Å². The Labute approximate surface area is 132 Å². The molecule has 0 saturated heterocycles. The highest BCUT2D eigenvalue weighted by Gasteiger charge is 2.27. The Balaban J connectivity index is 2.90. The molecule has 1 unspecified atom stereocenters. The molecule has 0 fully saturated rings. The molecule has 0 bridgehead atoms. The van der Waals surface area contributed by atoms with Gasteiger partial charge in [-0.1, -0.05) is 28.9 Å². The van der Waals surface area contributed by atoms with Crippen LogP contribution in [0.5, 0.6) is 0 Å². The number of nitrogens with zero attached hydrogens (tertiary/aromatic N) is 1. The minimum Gasteiger partial charge on any atom is -0.374 e. The number of alkyl halides is 3. The summed E-state index contributed by atoms with van der Waals surface area (Å²) in [6, 6.07) is 5.84. The first kappa shape index (κ1) is 18.3. The van der Waals surface area contributed by atoms with Gasteiger partial charge in [-0.3, -0.25) is 0 Å². The molecule has 0 spiro atoms. The summed E-state index contributed by atoms with van der Waals surface area (Å²) >= 11 is 3.39. The molecule has 1 rings (SSSR count). The van der Waals surface area contributed by atoms with Gasteiger partial charge < -0.3 is 10.2 Å². The van der Waals surface area contributed by atoms with Crippen LogP contribution in [0, 0.1) is 0 Å². The first-order valence-electron chi connectivity index (χ1n) is 7.05. The quantitative estimate of drug-likeness (QED) is 0.738. The van der Waals surface area contributed by atoms with Crippen molar-refractivity contribution in [3.8, 4) is 0 Å². The molecule has 21 heavy (non-hydrogen) atoms. The summed E-state index contributed by atoms with van der Waals surface area (Å²) in [5.74, 6) is 0. The van der Waals surface area contributed by atoms with Gasteiger partial charge in [-0.25, -0.2) is 0 Å². The minimum absolute atomic E-state index is 0.0482. The maximum absolute atomic E-state index is 12.4. The van der Waals surface area contributed by atoms with Gasteiger partial charge in [0.1, 0.15) is 0 Å². The van der Waals surface area contributed by atoms with Gasteiger partial charge in [0.25, 0.3) is 0 Å². The molecule has 1 aromatic rings. The number of rotatable bonds is 7. The molecule has 0 aromatic heterocycles. The van der Waals surface area contributed by atoms with Crippen molar-refractivity contribution < 1.29 is 13.2 Å². The van der Waals surface area contributed by atoms with E-state index in [2.05, 4.69) is 28.2 Å². The molecule has 0 amide bonds. The van der Waals surface area contributed by atoms with E-state index in [0.717, 1.165) is 28.7 Å². The number of halogens is 4. The zero-order chi connectivity index (χ0) is 16.0. The number of hydrogen-bond acceptors (Lipinski definition) is 2. The van der Waals surface area contributed by atoms with Crippen molar-refractivity contribution in [2.45, 2.75) is 38.9 Å². The predicted molar refractivity (Wildman–Crippen MR) is 84.8 cm³/mol. The Hall–Kier alpha value is -0.750. The lowest BCUT2D eigenvalue weighted by molar-refractivity contribution is -0.132. The SMILES string of the molecule is CCCNC(C)c1ccc(Br)cc1N(C)CCC(F)(F)F. The van der Waals surface area contributed by atoms with Crippen LogP contribution >= 0.6 is 15.9 Å². The fourth-order valence-corrected chi connectivity index (χ4v) is 2.45. The van der Waals surface area contributed by atoms with Gasteiger partial charge in [0.05, 0.1) is 6.42 Å². The average Bonchev–Trinajstić information content (AvgIpc) is 2.41. The van der Waals surface area contributed by atoms with Crippen LogP contribution in [-0.4, -0.2) is 26.3 Å². The molecule has 120 valence electrons. The molecule has 1 aromatic carbocycles. The average molecular weight is 367 g/mol. The molecule has 6 heteroatoms. The highest BCUT2D eigenvalue weighted by molar-refractivity contribution is 9.10. The zero-order valence-corrected chi connectivity index (χ0v) is 14.2. The van der Waals surface area contributed by atoms with Crippen LogP contribution < -0.4 is 10.2 Å². The van der Waals surface area contributed by atoms with Gasteiger partial charge in [-0.2, -0.15) is 13.2 Å². The Bertz CT molecular complexity index is 449. The standard InChI is InChI=1S/C15H22BrF3N2/c1-4-8-20-11(2)13-6-5-12(16)10-14(13)21(3)9-7-15(17,18)19/h5-6,10-11,20H,4,7-9H2,1-3H3. The maximum atomic E-state index is 12.4. The summed E-state index contributed by atoms with van der Waals surface area (Å²) in [6.07, 6.45) is -3.93. The summed E-state index contributed by atoms with van der Waals surface area (Å²) in [6.45, 7) is 4.94. The van der Waals surface area contributed by atoms with Crippen molar-refractivity contribution >= 4 is 21.6 Å². The van der Waals surface area contributed by atoms with E-state index in [1.54, 1.807) is 11.9 Å². The van der Waals surface area contributed by atoms with Gasteiger partial charge in [-0.15, -0.1) is 0 Å². The van der Waals surface area contributed by atoms with Gasteiger partial charge in [-0.05, 0) is 37.6 Å². The second-order valence-corrected chi connectivity index (χ2v) is 6.08. The first-order chi connectivity index (χ1) is 9.74. The summed E-state index contributed by atoms with van der Waals surface area (Å²) in [4.78, 5) is 1.66. The molecule has 0 radical (unpaired) electrons. The molecule has 0 aliphatic rings. The normalized spacial score (nSPS) is 13.3. The highest BCUT2D eigenvalue weighted by atomic mass is 79.9. The van der Waals surface area contributed by atoms with Gasteiger partial charge in [0.2, 0.25) is 0 Å². The Morgan fingerprint density at radius 2 is 2.00 bits per heavy atom. The highest BCUT2D eigenvalue weighted by Crippen LogP contribution is 2.30. The Morgan fingerprint density at radius 3 is 2.57 bits per heavy atom.